The minimum atomic E-state index is -0.634. The summed E-state index contributed by atoms with van der Waals surface area (Å²) < 4.78 is 8.16. The summed E-state index contributed by atoms with van der Waals surface area (Å²) in [6.07, 6.45) is 5.86. The van der Waals surface area contributed by atoms with Crippen LogP contribution in [0.5, 0.6) is 0 Å². The van der Waals surface area contributed by atoms with E-state index in [4.69, 9.17) is 4.74 Å². The predicted molar refractivity (Wildman–Crippen MR) is 151 cm³/mol. The van der Waals surface area contributed by atoms with Gasteiger partial charge < -0.3 is 40.0 Å². The van der Waals surface area contributed by atoms with E-state index in [1.807, 2.05) is 4.90 Å². The van der Waals surface area contributed by atoms with Crippen molar-refractivity contribution in [2.24, 2.45) is 14.1 Å². The van der Waals surface area contributed by atoms with Gasteiger partial charge in [-0.15, -0.1) is 0 Å². The van der Waals surface area contributed by atoms with Crippen molar-refractivity contribution in [1.29, 1.82) is 0 Å². The summed E-state index contributed by atoms with van der Waals surface area (Å²) in [4.78, 5) is 67.8. The van der Waals surface area contributed by atoms with Gasteiger partial charge in [-0.1, -0.05) is 0 Å². The maximum atomic E-state index is 12.9. The van der Waals surface area contributed by atoms with Gasteiger partial charge in [0, 0.05) is 65.5 Å². The fourth-order valence-corrected chi connectivity index (χ4v) is 4.26. The molecule has 14 nitrogen and oxygen atoms in total. The molecule has 0 atom stereocenters. The highest BCUT2D eigenvalue weighted by Crippen LogP contribution is 2.16. The van der Waals surface area contributed by atoms with Crippen molar-refractivity contribution < 1.29 is 28.7 Å². The lowest BCUT2D eigenvalue weighted by atomic mass is 10.1. The molecule has 0 saturated carbocycles. The number of aromatic nitrogens is 3. The molecular weight excluding hydrogens is 532 g/mol. The summed E-state index contributed by atoms with van der Waals surface area (Å²) in [6.45, 7) is 7.04. The lowest BCUT2D eigenvalue weighted by molar-refractivity contribution is -0.131. The molecule has 0 bridgehead atoms. The van der Waals surface area contributed by atoms with Crippen LogP contribution in [0.3, 0.4) is 0 Å². The summed E-state index contributed by atoms with van der Waals surface area (Å²) in [5.74, 6) is -1.01. The number of imidazole rings is 1. The quantitative estimate of drug-likeness (QED) is 0.337. The Kier molecular flexibility index (Phi) is 10.5. The smallest absolute Gasteiger partial charge is 0.407 e. The van der Waals surface area contributed by atoms with Crippen LogP contribution in [-0.2, 0) is 28.4 Å². The van der Waals surface area contributed by atoms with Crippen LogP contribution in [0.15, 0.2) is 18.5 Å². The van der Waals surface area contributed by atoms with Crippen LogP contribution in [0.2, 0.25) is 0 Å². The third-order valence-corrected chi connectivity index (χ3v) is 6.20. The minimum absolute atomic E-state index is 0.0147. The largest absolute Gasteiger partial charge is 0.444 e. The minimum Gasteiger partial charge on any atom is -0.444 e. The van der Waals surface area contributed by atoms with E-state index in [1.165, 1.54) is 16.8 Å². The van der Waals surface area contributed by atoms with Crippen LogP contribution < -0.4 is 21.3 Å². The van der Waals surface area contributed by atoms with E-state index in [0.717, 1.165) is 32.4 Å². The Bertz CT molecular complexity index is 1270. The molecule has 41 heavy (non-hydrogen) atoms. The number of anilines is 2. The van der Waals surface area contributed by atoms with Gasteiger partial charge in [-0.05, 0) is 46.1 Å². The second-order valence-electron chi connectivity index (χ2n) is 10.9. The molecule has 14 heteroatoms. The average Bonchev–Trinajstić information content (AvgIpc) is 3.44. The Morgan fingerprint density at radius 1 is 0.878 bits per heavy atom. The second-order valence-corrected chi connectivity index (χ2v) is 10.9. The molecule has 0 aliphatic carbocycles. The zero-order valence-electron chi connectivity index (χ0n) is 24.3. The van der Waals surface area contributed by atoms with E-state index in [0.29, 0.717) is 5.69 Å². The number of nitrogens with one attached hydrogen (secondary N) is 4. The first kappa shape index (κ1) is 31.2. The van der Waals surface area contributed by atoms with Crippen molar-refractivity contribution in [2.45, 2.75) is 58.5 Å². The third-order valence-electron chi connectivity index (χ3n) is 6.20. The molecule has 0 aromatic carbocycles. The SMILES string of the molecule is Cn1cc(NC(=O)CCNC(=O)OC(C)(C)C)cc1C(=O)Nc1cn(C)c(C(=O)NCCC(=O)N2CCCCC2)n1. The molecule has 1 aliphatic heterocycles. The molecule has 2 aromatic rings. The number of carbonyl (C=O) groups excluding carboxylic acids is 5. The van der Waals surface area contributed by atoms with Gasteiger partial charge in [-0.2, -0.15) is 0 Å². The topological polar surface area (TPSA) is 169 Å². The number of hydrogen-bond acceptors (Lipinski definition) is 7. The fourth-order valence-electron chi connectivity index (χ4n) is 4.26. The van der Waals surface area contributed by atoms with Gasteiger partial charge in [0.25, 0.3) is 11.8 Å². The normalized spacial score (nSPS) is 13.3. The van der Waals surface area contributed by atoms with Gasteiger partial charge >= 0.3 is 6.09 Å². The summed E-state index contributed by atoms with van der Waals surface area (Å²) in [6, 6.07) is 1.50. The Morgan fingerprint density at radius 2 is 1.56 bits per heavy atom. The lowest BCUT2D eigenvalue weighted by Crippen LogP contribution is -2.38. The molecule has 224 valence electrons. The van der Waals surface area contributed by atoms with Gasteiger partial charge in [0.1, 0.15) is 11.3 Å². The van der Waals surface area contributed by atoms with Gasteiger partial charge in [0.15, 0.2) is 5.82 Å². The number of rotatable bonds is 10. The molecule has 0 unspecified atom stereocenters. The van der Waals surface area contributed by atoms with Crippen molar-refractivity contribution >= 4 is 41.2 Å². The van der Waals surface area contributed by atoms with Crippen molar-refractivity contribution in [3.8, 4) is 0 Å². The number of hydrogen-bond donors (Lipinski definition) is 4. The van der Waals surface area contributed by atoms with Crippen LogP contribution >= 0.6 is 0 Å². The molecule has 0 spiro atoms. The monoisotopic (exact) mass is 572 g/mol. The Labute approximate surface area is 239 Å². The Hall–Kier alpha value is -4.36. The maximum absolute atomic E-state index is 12.9. The summed E-state index contributed by atoms with van der Waals surface area (Å²) >= 11 is 0. The van der Waals surface area contributed by atoms with E-state index in [9.17, 15) is 24.0 Å². The number of amides is 5. The number of carbonyl (C=O) groups is 5. The first-order valence-corrected chi connectivity index (χ1v) is 13.7. The molecule has 0 radical (unpaired) electrons. The highest BCUT2D eigenvalue weighted by Gasteiger charge is 2.20. The molecule has 1 fully saturated rings. The van der Waals surface area contributed by atoms with Crippen LogP contribution in [0.4, 0.5) is 16.3 Å². The molecule has 1 aliphatic rings. The second kappa shape index (κ2) is 13.8. The van der Waals surface area contributed by atoms with Crippen molar-refractivity contribution in [2.75, 3.05) is 36.8 Å². The van der Waals surface area contributed by atoms with E-state index in [2.05, 4.69) is 26.3 Å². The molecule has 1 saturated heterocycles. The summed E-state index contributed by atoms with van der Waals surface area (Å²) in [5, 5.41) is 10.6. The van der Waals surface area contributed by atoms with Crippen molar-refractivity contribution in [3.63, 3.8) is 0 Å². The number of aryl methyl sites for hydroxylation is 2. The zero-order chi connectivity index (χ0) is 30.2. The van der Waals surface area contributed by atoms with Crippen LogP contribution in [0.25, 0.3) is 0 Å². The number of likely N-dealkylation sites (tertiary alicyclic amines) is 1. The molecule has 3 heterocycles. The van der Waals surface area contributed by atoms with Crippen LogP contribution in [-0.4, -0.2) is 80.5 Å². The Balaban J connectivity index is 1.47. The third kappa shape index (κ3) is 9.65. The number of piperidine rings is 1. The highest BCUT2D eigenvalue weighted by molar-refractivity contribution is 6.04. The van der Waals surface area contributed by atoms with Crippen LogP contribution in [0, 0.1) is 0 Å². The van der Waals surface area contributed by atoms with E-state index in [1.54, 1.807) is 45.6 Å². The standard InChI is InChI=1S/C27H40N8O6/c1-27(2,3)41-26(40)29-11-9-21(36)30-18-15-19(33(4)16-18)24(38)32-20-17-34(5)23(31-20)25(39)28-12-10-22(37)35-13-7-6-8-14-35/h15-17H,6-14H2,1-5H3,(H,28,39)(H,29,40)(H,30,36)(H,32,38). The molecule has 5 amide bonds. The van der Waals surface area contributed by atoms with Gasteiger partial charge in [0.05, 0.1) is 5.69 Å². The predicted octanol–water partition coefficient (Wildman–Crippen LogP) is 2.00. The lowest BCUT2D eigenvalue weighted by Gasteiger charge is -2.26. The van der Waals surface area contributed by atoms with Gasteiger partial charge in [-0.3, -0.25) is 19.2 Å². The number of ether oxygens (including phenoxy) is 1. The number of nitrogens with zero attached hydrogens (tertiary/aromatic N) is 4. The average molecular weight is 573 g/mol. The van der Waals surface area contributed by atoms with Crippen molar-refractivity contribution in [1.82, 2.24) is 29.7 Å². The number of alkyl carbamates (subject to hydrolysis) is 1. The molecular formula is C27H40N8O6. The van der Waals surface area contributed by atoms with Crippen LogP contribution in [0.1, 0.15) is 74.0 Å². The van der Waals surface area contributed by atoms with E-state index < -0.39 is 23.5 Å². The van der Waals surface area contributed by atoms with Gasteiger partial charge in [-0.25, -0.2) is 9.78 Å². The van der Waals surface area contributed by atoms with Crippen molar-refractivity contribution in [3.05, 3.63) is 30.0 Å². The first-order chi connectivity index (χ1) is 19.3. The maximum Gasteiger partial charge on any atom is 0.407 e. The van der Waals surface area contributed by atoms with E-state index >= 15 is 0 Å². The zero-order valence-corrected chi connectivity index (χ0v) is 24.3. The fraction of sp³-hybridized carbons (Fsp3) is 0.556. The van der Waals surface area contributed by atoms with Gasteiger partial charge in [0.2, 0.25) is 17.6 Å². The first-order valence-electron chi connectivity index (χ1n) is 13.7. The highest BCUT2D eigenvalue weighted by atomic mass is 16.6. The molecule has 3 rings (SSSR count). The van der Waals surface area contributed by atoms with E-state index in [-0.39, 0.29) is 55.1 Å². The molecule has 4 N–H and O–H groups in total. The molecule has 2 aromatic heterocycles. The summed E-state index contributed by atoms with van der Waals surface area (Å²) in [5.41, 5.74) is 0.0187. The Morgan fingerprint density at radius 3 is 2.24 bits per heavy atom. The summed E-state index contributed by atoms with van der Waals surface area (Å²) in [7, 11) is 3.28.